The zero-order valence-corrected chi connectivity index (χ0v) is 17.9. The van der Waals surface area contributed by atoms with E-state index in [1.807, 2.05) is 49.4 Å². The Morgan fingerprint density at radius 2 is 2.03 bits per heavy atom. The highest BCUT2D eigenvalue weighted by molar-refractivity contribution is 7.99. The summed E-state index contributed by atoms with van der Waals surface area (Å²) in [6, 6.07) is 14.7. The molecule has 3 aromatic rings. The highest BCUT2D eigenvalue weighted by Crippen LogP contribution is 2.39. The van der Waals surface area contributed by atoms with E-state index >= 15 is 0 Å². The molecule has 8 heteroatoms. The second-order valence-electron chi connectivity index (χ2n) is 6.68. The van der Waals surface area contributed by atoms with Gasteiger partial charge in [0.05, 0.1) is 21.8 Å². The lowest BCUT2D eigenvalue weighted by Gasteiger charge is -2.32. The first-order chi connectivity index (χ1) is 14.6. The molecule has 0 spiro atoms. The number of H-pyrrole nitrogens is 1. The van der Waals surface area contributed by atoms with E-state index in [9.17, 15) is 9.59 Å². The Labute approximate surface area is 183 Å². The summed E-state index contributed by atoms with van der Waals surface area (Å²) in [4.78, 5) is 30.8. The number of thioether (sulfide) groups is 1. The van der Waals surface area contributed by atoms with Gasteiger partial charge in [-0.15, -0.1) is 6.58 Å². The largest absolute Gasteiger partial charge is 0.325 e. The van der Waals surface area contributed by atoms with Crippen molar-refractivity contribution in [2.45, 2.75) is 24.7 Å². The van der Waals surface area contributed by atoms with Crippen LogP contribution in [0.2, 0.25) is 5.02 Å². The third kappa shape index (κ3) is 3.44. The SMILES string of the molecule is C=CCSc1n[n+]2c(c(=O)[nH]1)-c1ccccc1N(C(=O)CC)[C@H]2c1ccccc1Cl. The van der Waals surface area contributed by atoms with Crippen LogP contribution in [0.1, 0.15) is 25.1 Å². The molecule has 0 fully saturated rings. The van der Waals surface area contributed by atoms with E-state index in [1.165, 1.54) is 11.8 Å². The van der Waals surface area contributed by atoms with Crippen molar-refractivity contribution in [3.8, 4) is 11.3 Å². The average Bonchev–Trinajstić information content (AvgIpc) is 2.76. The summed E-state index contributed by atoms with van der Waals surface area (Å²) in [5.41, 5.74) is 2.12. The van der Waals surface area contributed by atoms with Crippen molar-refractivity contribution in [3.63, 3.8) is 0 Å². The molecule has 1 aromatic heterocycles. The van der Waals surface area contributed by atoms with E-state index in [1.54, 1.807) is 21.7 Å². The van der Waals surface area contributed by atoms with Gasteiger partial charge in [0.2, 0.25) is 11.1 Å². The molecule has 0 unspecified atom stereocenters. The molecule has 0 saturated carbocycles. The van der Waals surface area contributed by atoms with Gasteiger partial charge in [0.15, 0.2) is 0 Å². The smallest absolute Gasteiger partial charge is 0.291 e. The molecule has 4 rings (SSSR count). The number of nitrogens with one attached hydrogen (secondary N) is 1. The molecular weight excluding hydrogens is 420 g/mol. The summed E-state index contributed by atoms with van der Waals surface area (Å²) in [5.74, 6) is 0.501. The van der Waals surface area contributed by atoms with Gasteiger partial charge in [-0.25, -0.2) is 4.90 Å². The van der Waals surface area contributed by atoms with Gasteiger partial charge in [0.25, 0.3) is 6.17 Å². The first-order valence-corrected chi connectivity index (χ1v) is 10.9. The number of hydrogen-bond donors (Lipinski definition) is 1. The van der Waals surface area contributed by atoms with E-state index in [0.29, 0.717) is 44.9 Å². The number of aromatic nitrogens is 3. The number of carbonyl (C=O) groups is 1. The Kier molecular flexibility index (Phi) is 5.74. The van der Waals surface area contributed by atoms with Crippen LogP contribution in [0.4, 0.5) is 5.69 Å². The van der Waals surface area contributed by atoms with Crippen LogP contribution in [-0.2, 0) is 4.79 Å². The number of para-hydroxylation sites is 1. The number of halogens is 1. The number of anilines is 1. The zero-order chi connectivity index (χ0) is 21.3. The zero-order valence-electron chi connectivity index (χ0n) is 16.3. The normalized spacial score (nSPS) is 14.7. The molecule has 2 heterocycles. The average molecular weight is 440 g/mol. The number of nitrogens with zero attached hydrogens (tertiary/aromatic N) is 3. The summed E-state index contributed by atoms with van der Waals surface area (Å²) in [7, 11) is 0. The van der Waals surface area contributed by atoms with Gasteiger partial charge in [-0.1, -0.05) is 60.6 Å². The van der Waals surface area contributed by atoms with Crippen LogP contribution < -0.4 is 15.1 Å². The molecule has 0 radical (unpaired) electrons. The van der Waals surface area contributed by atoms with Gasteiger partial charge in [-0.3, -0.25) is 14.6 Å². The topological polar surface area (TPSA) is 69.9 Å². The van der Waals surface area contributed by atoms with Crippen molar-refractivity contribution >= 4 is 35.0 Å². The molecule has 0 saturated heterocycles. The minimum absolute atomic E-state index is 0.0899. The van der Waals surface area contributed by atoms with Crippen molar-refractivity contribution in [2.75, 3.05) is 10.7 Å². The van der Waals surface area contributed by atoms with E-state index in [0.717, 1.165) is 0 Å². The van der Waals surface area contributed by atoms with E-state index in [2.05, 4.69) is 11.6 Å². The number of fused-ring (bicyclic) bond motifs is 3. The molecule has 2 aromatic carbocycles. The molecule has 152 valence electrons. The second kappa shape index (κ2) is 8.45. The molecular formula is C22H20ClN4O2S+. The van der Waals surface area contributed by atoms with Crippen molar-refractivity contribution in [1.82, 2.24) is 10.1 Å². The number of hydrogen-bond acceptors (Lipinski definition) is 4. The Morgan fingerprint density at radius 1 is 1.30 bits per heavy atom. The number of aromatic amines is 1. The Balaban J connectivity index is 2.06. The lowest BCUT2D eigenvalue weighted by molar-refractivity contribution is -0.763. The molecule has 6 nitrogen and oxygen atoms in total. The summed E-state index contributed by atoms with van der Waals surface area (Å²) >= 11 is 7.91. The monoisotopic (exact) mass is 439 g/mol. The predicted octanol–water partition coefficient (Wildman–Crippen LogP) is 3.96. The van der Waals surface area contributed by atoms with Crippen LogP contribution in [0.3, 0.4) is 0 Å². The molecule has 1 amide bonds. The van der Waals surface area contributed by atoms with Crippen molar-refractivity contribution in [3.05, 3.63) is 82.1 Å². The fraction of sp³-hybridized carbons (Fsp3) is 0.182. The molecule has 1 aliphatic heterocycles. The van der Waals surface area contributed by atoms with Gasteiger partial charge >= 0.3 is 11.3 Å². The molecule has 1 aliphatic rings. The molecule has 1 N–H and O–H groups in total. The van der Waals surface area contributed by atoms with Crippen LogP contribution in [-0.4, -0.2) is 21.7 Å². The number of rotatable bonds is 5. The second-order valence-corrected chi connectivity index (χ2v) is 8.10. The summed E-state index contributed by atoms with van der Waals surface area (Å²) in [6.07, 6.45) is 1.36. The Hall–Kier alpha value is -2.90. The Bertz CT molecular complexity index is 1190. The maximum Gasteiger partial charge on any atom is 0.325 e. The lowest BCUT2D eigenvalue weighted by atomic mass is 10.0. The first kappa shape index (κ1) is 20.4. The fourth-order valence-corrected chi connectivity index (χ4v) is 4.40. The van der Waals surface area contributed by atoms with E-state index in [4.69, 9.17) is 16.7 Å². The molecule has 30 heavy (non-hydrogen) atoms. The quantitative estimate of drug-likeness (QED) is 0.371. The highest BCUT2D eigenvalue weighted by atomic mass is 35.5. The van der Waals surface area contributed by atoms with Crippen molar-refractivity contribution < 1.29 is 9.48 Å². The lowest BCUT2D eigenvalue weighted by Crippen LogP contribution is -2.61. The van der Waals surface area contributed by atoms with Crippen LogP contribution in [0.25, 0.3) is 11.3 Å². The van der Waals surface area contributed by atoms with Gasteiger partial charge in [-0.2, -0.15) is 0 Å². The number of carbonyl (C=O) groups excluding carboxylic acids is 1. The Morgan fingerprint density at radius 3 is 2.77 bits per heavy atom. The maximum atomic E-state index is 13.1. The predicted molar refractivity (Wildman–Crippen MR) is 119 cm³/mol. The van der Waals surface area contributed by atoms with E-state index < -0.39 is 6.17 Å². The van der Waals surface area contributed by atoms with Crippen LogP contribution in [0, 0.1) is 0 Å². The van der Waals surface area contributed by atoms with Gasteiger partial charge in [-0.05, 0) is 28.9 Å². The summed E-state index contributed by atoms with van der Waals surface area (Å²) in [6.45, 7) is 5.53. The fourth-order valence-electron chi connectivity index (χ4n) is 3.58. The third-order valence-electron chi connectivity index (χ3n) is 4.85. The van der Waals surface area contributed by atoms with E-state index in [-0.39, 0.29) is 11.5 Å². The summed E-state index contributed by atoms with van der Waals surface area (Å²) < 4.78 is 1.61. The maximum absolute atomic E-state index is 13.1. The molecule has 0 aliphatic carbocycles. The van der Waals surface area contributed by atoms with Gasteiger partial charge in [0.1, 0.15) is 0 Å². The minimum atomic E-state index is -0.679. The summed E-state index contributed by atoms with van der Waals surface area (Å²) in [5, 5.41) is 5.65. The van der Waals surface area contributed by atoms with Crippen LogP contribution in [0.5, 0.6) is 0 Å². The van der Waals surface area contributed by atoms with Crippen molar-refractivity contribution in [1.29, 1.82) is 0 Å². The molecule has 1 atom stereocenters. The molecule has 0 bridgehead atoms. The van der Waals surface area contributed by atoms with Gasteiger partial charge in [0, 0.05) is 17.3 Å². The van der Waals surface area contributed by atoms with Crippen molar-refractivity contribution in [2.24, 2.45) is 0 Å². The number of benzene rings is 2. The minimum Gasteiger partial charge on any atom is -0.291 e. The first-order valence-electron chi connectivity index (χ1n) is 9.52. The van der Waals surface area contributed by atoms with Crippen LogP contribution in [0.15, 0.2) is 71.1 Å². The number of amides is 1. The van der Waals surface area contributed by atoms with Gasteiger partial charge < -0.3 is 0 Å². The van der Waals surface area contributed by atoms with Crippen LogP contribution >= 0.6 is 23.4 Å². The highest BCUT2D eigenvalue weighted by Gasteiger charge is 2.46. The third-order valence-corrected chi connectivity index (χ3v) is 6.05. The standard InChI is InChI=1S/C22H19ClN4O2S/c1-3-13-30-22-24-20(29)19-15-10-6-8-12-17(15)26(18(28)4-2)21(27(19)25-22)14-9-5-7-11-16(14)23/h3,5-12,21H,1,4,13H2,2H3/p+1/t21-/m1/s1.